The fourth-order valence-electron chi connectivity index (χ4n) is 5.69. The van der Waals surface area contributed by atoms with Gasteiger partial charge in [0.05, 0.1) is 20.1 Å². The van der Waals surface area contributed by atoms with Crippen LogP contribution in [-0.4, -0.2) is 66.9 Å². The number of hydrogen-bond donors (Lipinski definition) is 3. The second kappa shape index (κ2) is 18.5. The first-order valence-corrected chi connectivity index (χ1v) is 17.0. The summed E-state index contributed by atoms with van der Waals surface area (Å²) in [6, 6.07) is 16.7. The highest BCUT2D eigenvalue weighted by Crippen LogP contribution is 2.29. The number of rotatable bonds is 20. The molecule has 0 unspecified atom stereocenters. The highest BCUT2D eigenvalue weighted by Gasteiger charge is 2.47. The predicted octanol–water partition coefficient (Wildman–Crippen LogP) is 4.34. The van der Waals surface area contributed by atoms with Crippen LogP contribution in [0.15, 0.2) is 60.7 Å². The number of aryl methyl sites for hydroxylation is 1. The first-order valence-electron chi connectivity index (χ1n) is 17.0. The van der Waals surface area contributed by atoms with Gasteiger partial charge in [-0.3, -0.25) is 24.0 Å². The topological polar surface area (TPSA) is 143 Å². The summed E-state index contributed by atoms with van der Waals surface area (Å²) >= 11 is 0. The molecule has 1 saturated heterocycles. The number of ether oxygens (including phenoxy) is 2. The second-order valence-electron chi connectivity index (χ2n) is 13.9. The van der Waals surface area contributed by atoms with E-state index in [0.717, 1.165) is 11.1 Å². The van der Waals surface area contributed by atoms with E-state index < -0.39 is 53.3 Å². The maximum Gasteiger partial charge on any atom is 0.306 e. The van der Waals surface area contributed by atoms with E-state index in [4.69, 9.17) is 9.47 Å². The fourth-order valence-corrected chi connectivity index (χ4v) is 5.69. The first-order chi connectivity index (χ1) is 22.8. The maximum atomic E-state index is 13.9. The lowest BCUT2D eigenvalue weighted by atomic mass is 9.93. The van der Waals surface area contributed by atoms with Crippen molar-refractivity contribution in [2.75, 3.05) is 13.7 Å². The van der Waals surface area contributed by atoms with Crippen molar-refractivity contribution in [3.8, 4) is 0 Å². The van der Waals surface area contributed by atoms with E-state index in [1.807, 2.05) is 88.4 Å². The molecule has 0 saturated carbocycles. The van der Waals surface area contributed by atoms with Crippen molar-refractivity contribution in [3.05, 3.63) is 71.8 Å². The van der Waals surface area contributed by atoms with Crippen LogP contribution in [-0.2, 0) is 46.3 Å². The van der Waals surface area contributed by atoms with Crippen molar-refractivity contribution in [2.24, 2.45) is 17.8 Å². The van der Waals surface area contributed by atoms with E-state index in [0.29, 0.717) is 32.3 Å². The Labute approximate surface area is 285 Å². The van der Waals surface area contributed by atoms with Crippen molar-refractivity contribution in [1.29, 1.82) is 0 Å². The number of carbonyl (C=O) groups is 5. The van der Waals surface area contributed by atoms with Crippen LogP contribution in [0, 0.1) is 17.8 Å². The Morgan fingerprint density at radius 1 is 0.750 bits per heavy atom. The maximum absolute atomic E-state index is 13.9. The Bertz CT molecular complexity index is 1360. The second-order valence-corrected chi connectivity index (χ2v) is 13.9. The molecule has 3 N–H and O–H groups in total. The van der Waals surface area contributed by atoms with E-state index in [-0.39, 0.29) is 36.9 Å². The molecule has 10 heteroatoms. The third-order valence-electron chi connectivity index (χ3n) is 8.59. The molecule has 5 atom stereocenters. The van der Waals surface area contributed by atoms with Gasteiger partial charge in [-0.2, -0.15) is 0 Å². The van der Waals surface area contributed by atoms with Crippen molar-refractivity contribution in [2.45, 2.75) is 103 Å². The Kier molecular flexibility index (Phi) is 14.8. The van der Waals surface area contributed by atoms with E-state index in [2.05, 4.69) is 16.0 Å². The number of methoxy groups -OCH3 is 1. The molecule has 48 heavy (non-hydrogen) atoms. The van der Waals surface area contributed by atoms with Gasteiger partial charge < -0.3 is 25.4 Å². The minimum absolute atomic E-state index is 0.0401. The van der Waals surface area contributed by atoms with E-state index in [9.17, 15) is 24.0 Å². The molecular weight excluding hydrogens is 610 g/mol. The molecule has 1 heterocycles. The van der Waals surface area contributed by atoms with Crippen LogP contribution < -0.4 is 16.0 Å². The van der Waals surface area contributed by atoms with Crippen molar-refractivity contribution >= 4 is 29.5 Å². The Morgan fingerprint density at radius 3 is 1.83 bits per heavy atom. The van der Waals surface area contributed by atoms with Crippen LogP contribution in [0.4, 0.5) is 0 Å². The molecule has 2 aromatic carbocycles. The molecule has 0 bridgehead atoms. The summed E-state index contributed by atoms with van der Waals surface area (Å²) in [7, 11) is 1.28. The molecule has 3 amide bonds. The third-order valence-corrected chi connectivity index (χ3v) is 8.59. The minimum atomic E-state index is -0.965. The van der Waals surface area contributed by atoms with Gasteiger partial charge in [-0.05, 0) is 55.6 Å². The van der Waals surface area contributed by atoms with Crippen molar-refractivity contribution in [3.63, 3.8) is 0 Å². The summed E-state index contributed by atoms with van der Waals surface area (Å²) in [6.45, 7) is 10.1. The zero-order valence-corrected chi connectivity index (χ0v) is 29.3. The average Bonchev–Trinajstić information content (AvgIpc) is 3.80. The lowest BCUT2D eigenvalue weighted by molar-refractivity contribution is -0.144. The van der Waals surface area contributed by atoms with Gasteiger partial charge in [0.25, 0.3) is 0 Å². The summed E-state index contributed by atoms with van der Waals surface area (Å²) in [5.74, 6) is -2.36. The van der Waals surface area contributed by atoms with Crippen LogP contribution in [0.5, 0.6) is 0 Å². The first kappa shape index (κ1) is 38.4. The van der Waals surface area contributed by atoms with Gasteiger partial charge in [-0.15, -0.1) is 0 Å². The van der Waals surface area contributed by atoms with E-state index in [1.54, 1.807) is 6.92 Å². The quantitative estimate of drug-likeness (QED) is 0.141. The molecule has 3 rings (SSSR count). The zero-order chi connectivity index (χ0) is 35.3. The molecule has 2 aromatic rings. The molecule has 0 radical (unpaired) electrons. The van der Waals surface area contributed by atoms with Crippen LogP contribution in [0.3, 0.4) is 0 Å². The van der Waals surface area contributed by atoms with Crippen LogP contribution in [0.25, 0.3) is 0 Å². The Balaban J connectivity index is 1.79. The minimum Gasteiger partial charge on any atom is -0.469 e. The normalized spacial score (nSPS) is 17.9. The number of amides is 3. The van der Waals surface area contributed by atoms with Gasteiger partial charge in [0.1, 0.15) is 17.7 Å². The SMILES string of the molecule is COC(=O)C[C@@H](CCc1ccccc1)C(=O)N[C@@H](CC(C)C)C(=O)N[C@@H](Cc1ccccc1)C(=O)N[C@H](CC(=O)[C@@]1(C)CO1)CC(C)C. The fraction of sp³-hybridized carbons (Fsp3) is 0.553. The lowest BCUT2D eigenvalue weighted by Crippen LogP contribution is -2.56. The average molecular weight is 664 g/mol. The zero-order valence-electron chi connectivity index (χ0n) is 29.3. The lowest BCUT2D eigenvalue weighted by Gasteiger charge is -2.28. The molecule has 10 nitrogen and oxygen atoms in total. The number of carbonyl (C=O) groups excluding carboxylic acids is 5. The highest BCUT2D eigenvalue weighted by molar-refractivity contribution is 5.94. The van der Waals surface area contributed by atoms with Crippen molar-refractivity contribution < 1.29 is 33.4 Å². The molecule has 0 aromatic heterocycles. The summed E-state index contributed by atoms with van der Waals surface area (Å²) in [4.78, 5) is 66.6. The monoisotopic (exact) mass is 663 g/mol. The van der Waals surface area contributed by atoms with Crippen LogP contribution in [0.2, 0.25) is 0 Å². The number of ketones is 1. The molecule has 1 aliphatic rings. The van der Waals surface area contributed by atoms with E-state index >= 15 is 0 Å². The number of epoxide rings is 1. The highest BCUT2D eigenvalue weighted by atomic mass is 16.6. The molecule has 1 aliphatic heterocycles. The van der Waals surface area contributed by atoms with Crippen LogP contribution in [0.1, 0.15) is 77.8 Å². The summed E-state index contributed by atoms with van der Waals surface area (Å²) in [5, 5.41) is 8.84. The summed E-state index contributed by atoms with van der Waals surface area (Å²) in [6.07, 6.45) is 2.08. The smallest absolute Gasteiger partial charge is 0.306 e. The largest absolute Gasteiger partial charge is 0.469 e. The van der Waals surface area contributed by atoms with Gasteiger partial charge >= 0.3 is 5.97 Å². The van der Waals surface area contributed by atoms with Crippen molar-refractivity contribution in [1.82, 2.24) is 16.0 Å². The predicted molar refractivity (Wildman–Crippen MR) is 184 cm³/mol. The van der Waals surface area contributed by atoms with Crippen LogP contribution >= 0.6 is 0 Å². The summed E-state index contributed by atoms with van der Waals surface area (Å²) in [5.41, 5.74) is 1.08. The molecule has 1 fully saturated rings. The van der Waals surface area contributed by atoms with Gasteiger partial charge in [-0.25, -0.2) is 0 Å². The van der Waals surface area contributed by atoms with Gasteiger partial charge in [-0.1, -0.05) is 88.4 Å². The molecule has 0 aliphatic carbocycles. The number of Topliss-reactive ketones (excluding diaryl/α,β-unsaturated/α-hetero) is 1. The number of nitrogens with one attached hydrogen (secondary N) is 3. The van der Waals surface area contributed by atoms with E-state index in [1.165, 1.54) is 7.11 Å². The number of esters is 1. The standard InChI is InChI=1S/C38H53N3O7/c1-25(2)19-30(23-33(42)38(5)24-48-38)39-36(45)32(21-28-15-11-8-12-16-28)41-37(46)31(20-26(3)4)40-35(44)29(22-34(43)47-6)18-17-27-13-9-7-10-14-27/h7-16,25-26,29-32H,17-24H2,1-6H3,(H,39,45)(H,40,44)(H,41,46)/t29-,30+,31+,32+,38-/m1/s1. The number of hydrogen-bond acceptors (Lipinski definition) is 7. The van der Waals surface area contributed by atoms with Gasteiger partial charge in [0.15, 0.2) is 5.78 Å². The third kappa shape index (κ3) is 12.9. The molecule has 0 spiro atoms. The molecular formula is C38H53N3O7. The Morgan fingerprint density at radius 2 is 1.29 bits per heavy atom. The van der Waals surface area contributed by atoms with Gasteiger partial charge in [0, 0.05) is 24.8 Å². The molecule has 262 valence electrons. The summed E-state index contributed by atoms with van der Waals surface area (Å²) < 4.78 is 10.2. The Hall–Kier alpha value is -4.05. The van der Waals surface area contributed by atoms with Gasteiger partial charge in [0.2, 0.25) is 17.7 Å². The number of benzene rings is 2.